The van der Waals surface area contributed by atoms with Gasteiger partial charge < -0.3 is 19.3 Å². The van der Waals surface area contributed by atoms with Crippen molar-refractivity contribution in [3.63, 3.8) is 0 Å². The van der Waals surface area contributed by atoms with Crippen molar-refractivity contribution in [3.05, 3.63) is 17.5 Å². The number of nitrogens with zero attached hydrogens (tertiary/aromatic N) is 3. The largest absolute Gasteiger partial charge is 0.444 e. The van der Waals surface area contributed by atoms with Gasteiger partial charge in [-0.25, -0.2) is 4.79 Å². The van der Waals surface area contributed by atoms with Crippen LogP contribution in [0.1, 0.15) is 39.0 Å². The SMILES string of the molecule is CCc1nocc1CN(C)CC(O)CN(C)C(=O)OC(C)(C)C. The minimum absolute atomic E-state index is 0.212. The Morgan fingerprint density at radius 2 is 2.04 bits per heavy atom. The minimum atomic E-state index is -0.664. The van der Waals surface area contributed by atoms with E-state index in [1.54, 1.807) is 13.3 Å². The second-order valence-corrected chi connectivity index (χ2v) is 6.85. The highest BCUT2D eigenvalue weighted by Crippen LogP contribution is 2.11. The number of aryl methyl sites for hydroxylation is 1. The smallest absolute Gasteiger partial charge is 0.410 e. The Hall–Kier alpha value is -1.60. The highest BCUT2D eigenvalue weighted by Gasteiger charge is 2.22. The molecular formula is C16H29N3O4. The van der Waals surface area contributed by atoms with Gasteiger partial charge in [-0.2, -0.15) is 0 Å². The molecule has 1 rings (SSSR count). The van der Waals surface area contributed by atoms with Crippen LogP contribution in [0.2, 0.25) is 0 Å². The summed E-state index contributed by atoms with van der Waals surface area (Å²) in [7, 11) is 3.52. The number of hydrogen-bond acceptors (Lipinski definition) is 6. The van der Waals surface area contributed by atoms with Crippen molar-refractivity contribution in [2.24, 2.45) is 0 Å². The predicted molar refractivity (Wildman–Crippen MR) is 87.1 cm³/mol. The molecule has 0 aromatic carbocycles. The monoisotopic (exact) mass is 327 g/mol. The summed E-state index contributed by atoms with van der Waals surface area (Å²) in [4.78, 5) is 15.2. The maximum absolute atomic E-state index is 11.9. The average Bonchev–Trinajstić information content (AvgIpc) is 2.83. The number of amides is 1. The Kier molecular flexibility index (Phi) is 7.02. The number of carbonyl (C=O) groups is 1. The van der Waals surface area contributed by atoms with Gasteiger partial charge in [-0.1, -0.05) is 12.1 Å². The standard InChI is InChI=1S/C16H29N3O4/c1-7-14-12(11-22-17-14)8-18(5)9-13(20)10-19(6)15(21)23-16(2,3)4/h11,13,20H,7-10H2,1-6H3. The average molecular weight is 327 g/mol. The fraction of sp³-hybridized carbons (Fsp3) is 0.750. The Morgan fingerprint density at radius 3 is 2.61 bits per heavy atom. The predicted octanol–water partition coefficient (Wildman–Crippen LogP) is 1.90. The molecule has 1 amide bonds. The van der Waals surface area contributed by atoms with Crippen molar-refractivity contribution in [2.45, 2.75) is 52.4 Å². The van der Waals surface area contributed by atoms with Crippen molar-refractivity contribution in [3.8, 4) is 0 Å². The van der Waals surface area contributed by atoms with E-state index in [2.05, 4.69) is 5.16 Å². The molecule has 1 aromatic rings. The molecule has 0 spiro atoms. The number of aromatic nitrogens is 1. The lowest BCUT2D eigenvalue weighted by molar-refractivity contribution is 0.0173. The fourth-order valence-electron chi connectivity index (χ4n) is 2.20. The maximum Gasteiger partial charge on any atom is 0.410 e. The van der Waals surface area contributed by atoms with E-state index in [1.165, 1.54) is 4.90 Å². The molecule has 7 nitrogen and oxygen atoms in total. The molecule has 0 radical (unpaired) electrons. The van der Waals surface area contributed by atoms with Gasteiger partial charge in [0.25, 0.3) is 0 Å². The number of ether oxygens (including phenoxy) is 1. The third-order valence-corrected chi connectivity index (χ3v) is 3.22. The number of hydrogen-bond donors (Lipinski definition) is 1. The van der Waals surface area contributed by atoms with Crippen LogP contribution in [0.5, 0.6) is 0 Å². The van der Waals surface area contributed by atoms with Gasteiger partial charge in [0.15, 0.2) is 0 Å². The van der Waals surface area contributed by atoms with E-state index in [4.69, 9.17) is 9.26 Å². The Morgan fingerprint density at radius 1 is 1.39 bits per heavy atom. The van der Waals surface area contributed by atoms with Gasteiger partial charge in [0.05, 0.1) is 18.3 Å². The zero-order chi connectivity index (χ0) is 17.6. The molecule has 0 saturated carbocycles. The van der Waals surface area contributed by atoms with Gasteiger partial charge in [-0.3, -0.25) is 4.90 Å². The van der Waals surface area contributed by atoms with Crippen LogP contribution < -0.4 is 0 Å². The second-order valence-electron chi connectivity index (χ2n) is 6.85. The van der Waals surface area contributed by atoms with Crippen molar-refractivity contribution in [1.82, 2.24) is 15.0 Å². The van der Waals surface area contributed by atoms with Gasteiger partial charge in [-0.05, 0) is 34.2 Å². The Balaban J connectivity index is 2.43. The van der Waals surface area contributed by atoms with Gasteiger partial charge in [0, 0.05) is 25.7 Å². The van der Waals surface area contributed by atoms with Crippen LogP contribution >= 0.6 is 0 Å². The molecule has 1 unspecified atom stereocenters. The molecule has 1 aromatic heterocycles. The van der Waals surface area contributed by atoms with Crippen LogP contribution in [-0.2, 0) is 17.7 Å². The first-order valence-electron chi connectivity index (χ1n) is 7.85. The third kappa shape index (κ3) is 7.00. The van der Waals surface area contributed by atoms with E-state index in [1.807, 2.05) is 39.6 Å². The molecule has 0 saturated heterocycles. The van der Waals surface area contributed by atoms with E-state index in [-0.39, 0.29) is 6.54 Å². The van der Waals surface area contributed by atoms with Gasteiger partial charge >= 0.3 is 6.09 Å². The Bertz CT molecular complexity index is 496. The molecule has 0 fully saturated rings. The summed E-state index contributed by atoms with van der Waals surface area (Å²) in [6.07, 6.45) is 1.34. The molecule has 7 heteroatoms. The normalized spacial score (nSPS) is 13.2. The lowest BCUT2D eigenvalue weighted by atomic mass is 10.2. The van der Waals surface area contributed by atoms with E-state index in [9.17, 15) is 9.90 Å². The highest BCUT2D eigenvalue weighted by atomic mass is 16.6. The van der Waals surface area contributed by atoms with Crippen LogP contribution in [0.3, 0.4) is 0 Å². The van der Waals surface area contributed by atoms with E-state index >= 15 is 0 Å². The molecule has 1 atom stereocenters. The van der Waals surface area contributed by atoms with E-state index < -0.39 is 17.8 Å². The van der Waals surface area contributed by atoms with Gasteiger partial charge in [-0.15, -0.1) is 0 Å². The molecule has 132 valence electrons. The molecule has 0 bridgehead atoms. The van der Waals surface area contributed by atoms with Gasteiger partial charge in [0.2, 0.25) is 0 Å². The minimum Gasteiger partial charge on any atom is -0.444 e. The summed E-state index contributed by atoms with van der Waals surface area (Å²) in [5.74, 6) is 0. The third-order valence-electron chi connectivity index (χ3n) is 3.22. The summed E-state index contributed by atoms with van der Waals surface area (Å²) >= 11 is 0. The van der Waals surface area contributed by atoms with Gasteiger partial charge in [0.1, 0.15) is 11.9 Å². The van der Waals surface area contributed by atoms with Crippen LogP contribution in [0.4, 0.5) is 4.79 Å². The fourth-order valence-corrected chi connectivity index (χ4v) is 2.20. The molecule has 0 aliphatic rings. The lowest BCUT2D eigenvalue weighted by Crippen LogP contribution is -2.42. The first kappa shape index (κ1) is 19.4. The number of likely N-dealkylation sites (N-methyl/N-ethyl adjacent to an activating group) is 2. The van der Waals surface area contributed by atoms with Crippen molar-refractivity contribution in [1.29, 1.82) is 0 Å². The highest BCUT2D eigenvalue weighted by molar-refractivity contribution is 5.67. The maximum atomic E-state index is 11.9. The van der Waals surface area contributed by atoms with Crippen molar-refractivity contribution in [2.75, 3.05) is 27.2 Å². The summed E-state index contributed by atoms with van der Waals surface area (Å²) in [5.41, 5.74) is 1.40. The van der Waals surface area contributed by atoms with Crippen LogP contribution in [0.15, 0.2) is 10.8 Å². The summed E-state index contributed by atoms with van der Waals surface area (Å²) in [5, 5.41) is 14.1. The van der Waals surface area contributed by atoms with Crippen molar-refractivity contribution >= 4 is 6.09 Å². The quantitative estimate of drug-likeness (QED) is 0.824. The molecule has 1 N–H and O–H groups in total. The van der Waals surface area contributed by atoms with Crippen LogP contribution in [-0.4, -0.2) is 65.0 Å². The molecule has 23 heavy (non-hydrogen) atoms. The number of aliphatic hydroxyl groups is 1. The first-order valence-corrected chi connectivity index (χ1v) is 7.85. The topological polar surface area (TPSA) is 79.0 Å². The number of rotatable bonds is 7. The van der Waals surface area contributed by atoms with E-state index in [0.29, 0.717) is 13.1 Å². The summed E-state index contributed by atoms with van der Waals surface area (Å²) in [6.45, 7) is 8.74. The molecule has 0 aliphatic heterocycles. The zero-order valence-corrected chi connectivity index (χ0v) is 15.0. The molecule has 0 aliphatic carbocycles. The second kappa shape index (κ2) is 8.31. The number of aliphatic hydroxyl groups excluding tert-OH is 1. The van der Waals surface area contributed by atoms with Crippen molar-refractivity contribution < 1.29 is 19.2 Å². The first-order chi connectivity index (χ1) is 10.6. The van der Waals surface area contributed by atoms with Crippen LogP contribution in [0, 0.1) is 0 Å². The number of carbonyl (C=O) groups excluding carboxylic acids is 1. The molecular weight excluding hydrogens is 298 g/mol. The van der Waals surface area contributed by atoms with Crippen LogP contribution in [0.25, 0.3) is 0 Å². The molecule has 1 heterocycles. The summed E-state index contributed by atoms with van der Waals surface area (Å²) < 4.78 is 10.2. The Labute approximate surface area is 138 Å². The summed E-state index contributed by atoms with van der Waals surface area (Å²) in [6, 6.07) is 0. The van der Waals surface area contributed by atoms with E-state index in [0.717, 1.165) is 17.7 Å². The lowest BCUT2D eigenvalue weighted by Gasteiger charge is -2.27. The zero-order valence-electron chi connectivity index (χ0n) is 15.0.